The van der Waals surface area contributed by atoms with Crippen molar-refractivity contribution in [2.24, 2.45) is 0 Å². The molecule has 0 spiro atoms. The number of hydrogen-bond donors (Lipinski definition) is 1. The summed E-state index contributed by atoms with van der Waals surface area (Å²) in [6.45, 7) is -0.184. The second kappa shape index (κ2) is 10.5. The van der Waals surface area contributed by atoms with Gasteiger partial charge in [-0.1, -0.05) is 6.42 Å². The van der Waals surface area contributed by atoms with Gasteiger partial charge in [0.15, 0.2) is 0 Å². The average Bonchev–Trinajstić information content (AvgIpc) is 2.22. The highest BCUT2D eigenvalue weighted by atomic mass is 32.2. The number of hydrogen-bond acceptors (Lipinski definition) is 7. The van der Waals surface area contributed by atoms with Crippen molar-refractivity contribution in [3.63, 3.8) is 0 Å². The second-order valence-corrected chi connectivity index (χ2v) is 4.62. The Morgan fingerprint density at radius 1 is 1.17 bits per heavy atom. The Morgan fingerprint density at radius 2 is 1.83 bits per heavy atom. The number of aliphatic carboxylic acids is 1. The third-order valence-electron chi connectivity index (χ3n) is 2.00. The van der Waals surface area contributed by atoms with Gasteiger partial charge in [-0.25, -0.2) is 8.42 Å². The summed E-state index contributed by atoms with van der Waals surface area (Å²) in [7, 11) is 0. The molecule has 108 valence electrons. The van der Waals surface area contributed by atoms with E-state index in [2.05, 4.69) is 8.37 Å². The predicted molar refractivity (Wildman–Crippen MR) is 59.4 cm³/mol. The molecule has 0 bridgehead atoms. The highest BCUT2D eigenvalue weighted by molar-refractivity contribution is 7.74. The van der Waals surface area contributed by atoms with Crippen molar-refractivity contribution in [2.75, 3.05) is 6.61 Å². The molecule has 3 unspecified atom stereocenters. The lowest BCUT2D eigenvalue weighted by Gasteiger charge is -2.18. The monoisotopic (exact) mass is 302 g/mol. The van der Waals surface area contributed by atoms with Crippen molar-refractivity contribution in [1.82, 2.24) is 0 Å². The Labute approximate surface area is 110 Å². The van der Waals surface area contributed by atoms with Crippen LogP contribution in [0, 0.1) is 0 Å². The smallest absolute Gasteiger partial charge is 0.303 e. The number of carboxylic acid groups (broad SMARTS) is 1. The molecule has 0 heterocycles. The summed E-state index contributed by atoms with van der Waals surface area (Å²) in [5.74, 6) is -0.926. The van der Waals surface area contributed by atoms with Crippen molar-refractivity contribution >= 4 is 28.7 Å². The van der Waals surface area contributed by atoms with Crippen LogP contribution in [0.25, 0.3) is 0 Å². The molecule has 0 aliphatic heterocycles. The van der Waals surface area contributed by atoms with E-state index in [9.17, 15) is 22.3 Å². The van der Waals surface area contributed by atoms with Gasteiger partial charge in [-0.2, -0.15) is 0 Å². The molecule has 0 aromatic heterocycles. The molecule has 1 N–H and O–H groups in total. The van der Waals surface area contributed by atoms with E-state index in [0.717, 1.165) is 0 Å². The first kappa shape index (κ1) is 17.6. The maximum atomic E-state index is 10.4. The summed E-state index contributed by atoms with van der Waals surface area (Å²) in [4.78, 5) is 10.3. The molecule has 0 fully saturated rings. The first-order valence-corrected chi connectivity index (χ1v) is 7.12. The second-order valence-electron chi connectivity index (χ2n) is 3.38. The minimum Gasteiger partial charge on any atom is -0.750 e. The van der Waals surface area contributed by atoms with Crippen LogP contribution in [0.4, 0.5) is 0 Å². The molecule has 0 aromatic carbocycles. The van der Waals surface area contributed by atoms with Crippen molar-refractivity contribution in [1.29, 1.82) is 0 Å². The fourth-order valence-corrected chi connectivity index (χ4v) is 1.89. The van der Waals surface area contributed by atoms with E-state index >= 15 is 0 Å². The van der Waals surface area contributed by atoms with Gasteiger partial charge < -0.3 is 18.4 Å². The van der Waals surface area contributed by atoms with Gasteiger partial charge in [0.05, 0.1) is 35.4 Å². The molecule has 0 aliphatic rings. The van der Waals surface area contributed by atoms with Crippen molar-refractivity contribution in [3.8, 4) is 0 Å². The van der Waals surface area contributed by atoms with Crippen LogP contribution in [0.3, 0.4) is 0 Å². The molecule has 0 saturated carbocycles. The summed E-state index contributed by atoms with van der Waals surface area (Å²) >= 11 is -5.35. The molecule has 0 saturated heterocycles. The molecule has 0 rings (SSSR count). The minimum absolute atomic E-state index is 0.00569. The molecule has 3 atom stereocenters. The van der Waals surface area contributed by atoms with E-state index in [1.54, 1.807) is 0 Å². The van der Waals surface area contributed by atoms with E-state index in [4.69, 9.17) is 5.11 Å². The van der Waals surface area contributed by atoms with E-state index in [1.165, 1.54) is 0 Å². The molecule has 10 heteroatoms. The van der Waals surface area contributed by atoms with E-state index in [-0.39, 0.29) is 19.4 Å². The van der Waals surface area contributed by atoms with Crippen LogP contribution < -0.4 is 0 Å². The summed E-state index contributed by atoms with van der Waals surface area (Å²) < 4.78 is 49.7. The maximum Gasteiger partial charge on any atom is 0.303 e. The highest BCUT2D eigenvalue weighted by Gasteiger charge is 2.10. The van der Waals surface area contributed by atoms with Crippen LogP contribution in [-0.2, 0) is 35.9 Å². The first-order valence-electron chi connectivity index (χ1n) is 5.12. The van der Waals surface area contributed by atoms with Gasteiger partial charge >= 0.3 is 5.97 Å². The van der Waals surface area contributed by atoms with Crippen molar-refractivity contribution < 1.29 is 35.8 Å². The first-order chi connectivity index (χ1) is 8.41. The van der Waals surface area contributed by atoms with Gasteiger partial charge in [0.2, 0.25) is 0 Å². The zero-order valence-corrected chi connectivity index (χ0v) is 11.1. The zero-order valence-electron chi connectivity index (χ0n) is 9.44. The highest BCUT2D eigenvalue weighted by Crippen LogP contribution is 2.12. The number of carboxylic acids is 1. The molecule has 0 amide bonds. The van der Waals surface area contributed by atoms with Gasteiger partial charge in [-0.3, -0.25) is 8.98 Å². The van der Waals surface area contributed by atoms with E-state index in [1.807, 2.05) is 0 Å². The summed E-state index contributed by atoms with van der Waals surface area (Å²) in [6.07, 6.45) is 0.559. The Balaban J connectivity index is 3.87. The summed E-state index contributed by atoms with van der Waals surface area (Å²) in [5.41, 5.74) is 0. The maximum absolute atomic E-state index is 10.4. The van der Waals surface area contributed by atoms with Crippen LogP contribution in [0.15, 0.2) is 0 Å². The fraction of sp³-hybridized carbons (Fsp3) is 0.875. The van der Waals surface area contributed by atoms with Gasteiger partial charge in [0.25, 0.3) is 0 Å². The van der Waals surface area contributed by atoms with Crippen LogP contribution >= 0.6 is 0 Å². The van der Waals surface area contributed by atoms with Crippen LogP contribution in [0.5, 0.6) is 0 Å². The Morgan fingerprint density at radius 3 is 2.33 bits per heavy atom. The van der Waals surface area contributed by atoms with E-state index < -0.39 is 34.8 Å². The molecule has 0 aliphatic carbocycles. The van der Waals surface area contributed by atoms with Crippen LogP contribution in [-0.4, -0.2) is 41.3 Å². The van der Waals surface area contributed by atoms with Crippen LogP contribution in [0.2, 0.25) is 0 Å². The molecular weight excluding hydrogens is 288 g/mol. The third-order valence-corrected chi connectivity index (χ3v) is 2.79. The van der Waals surface area contributed by atoms with Crippen LogP contribution in [0.1, 0.15) is 32.1 Å². The van der Waals surface area contributed by atoms with E-state index in [0.29, 0.717) is 19.3 Å². The normalized spacial score (nSPS) is 16.1. The standard InChI is InChI=1S/C8H16O8S2/c9-8(10)4-2-1-3-7(16-18(13)14)5-6-15-17(11)12/h7H,1-6H2,(H,9,10)(H,11,12)(H,13,14)/p-2. The van der Waals surface area contributed by atoms with Crippen molar-refractivity contribution in [2.45, 2.75) is 38.2 Å². The summed E-state index contributed by atoms with van der Waals surface area (Å²) in [5, 5.41) is 8.41. The topological polar surface area (TPSA) is 136 Å². The SMILES string of the molecule is O=C(O)CCCCC(CCOS(=O)[O-])OS(=O)[O-]. The van der Waals surface area contributed by atoms with Gasteiger partial charge in [0, 0.05) is 6.42 Å². The lowest BCUT2D eigenvalue weighted by Crippen LogP contribution is -2.17. The van der Waals surface area contributed by atoms with Gasteiger partial charge in [0.1, 0.15) is 0 Å². The molecule has 0 aromatic rings. The molecular formula is C8H14O8S2-2. The number of unbranched alkanes of at least 4 members (excludes halogenated alkanes) is 1. The fourth-order valence-electron chi connectivity index (χ4n) is 1.25. The molecule has 18 heavy (non-hydrogen) atoms. The summed E-state index contributed by atoms with van der Waals surface area (Å²) in [6, 6.07) is 0. The van der Waals surface area contributed by atoms with Crippen molar-refractivity contribution in [3.05, 3.63) is 0 Å². The Hall–Kier alpha value is -0.390. The minimum atomic E-state index is -2.70. The molecule has 0 radical (unpaired) electrons. The van der Waals surface area contributed by atoms with Gasteiger partial charge in [-0.15, -0.1) is 0 Å². The average molecular weight is 302 g/mol. The molecule has 8 nitrogen and oxygen atoms in total. The lowest BCUT2D eigenvalue weighted by molar-refractivity contribution is -0.137. The Kier molecular flexibility index (Phi) is 10.3. The third kappa shape index (κ3) is 12.1. The van der Waals surface area contributed by atoms with Gasteiger partial charge in [-0.05, 0) is 19.3 Å². The Bertz CT molecular complexity index is 295. The number of rotatable bonds is 11. The number of carbonyl (C=O) groups is 1. The quantitative estimate of drug-likeness (QED) is 0.416. The largest absolute Gasteiger partial charge is 0.750 e. The zero-order chi connectivity index (χ0) is 14.0. The lowest BCUT2D eigenvalue weighted by atomic mass is 10.1. The predicted octanol–water partition coefficient (Wildman–Crippen LogP) is 0.0115.